The van der Waals surface area contributed by atoms with Crippen LogP contribution in [0.15, 0.2) is 4.52 Å². The van der Waals surface area contributed by atoms with Gasteiger partial charge in [0.1, 0.15) is 0 Å². The van der Waals surface area contributed by atoms with Crippen LogP contribution in [0.5, 0.6) is 0 Å². The van der Waals surface area contributed by atoms with Crippen LogP contribution in [0.25, 0.3) is 0 Å². The predicted octanol–water partition coefficient (Wildman–Crippen LogP) is 3.60. The van der Waals surface area contributed by atoms with E-state index in [9.17, 15) is 0 Å². The first kappa shape index (κ1) is 13.4. The Labute approximate surface area is 110 Å². The van der Waals surface area contributed by atoms with E-state index >= 15 is 0 Å². The molecule has 1 saturated heterocycles. The number of hydrogen-bond donors (Lipinski definition) is 0. The molecule has 0 N–H and O–H groups in total. The number of nitrogens with zero attached hydrogens (tertiary/aromatic N) is 3. The Morgan fingerprint density at radius 1 is 1.33 bits per heavy atom. The van der Waals surface area contributed by atoms with E-state index < -0.39 is 0 Å². The number of aromatic nitrogens is 2. The van der Waals surface area contributed by atoms with Crippen LogP contribution in [0, 0.1) is 5.92 Å². The lowest BCUT2D eigenvalue weighted by atomic mass is 10.0. The van der Waals surface area contributed by atoms with Crippen LogP contribution in [0.2, 0.25) is 0 Å². The molecule has 4 nitrogen and oxygen atoms in total. The van der Waals surface area contributed by atoms with Crippen LogP contribution in [0.4, 0.5) is 6.01 Å². The van der Waals surface area contributed by atoms with Crippen LogP contribution < -0.4 is 4.90 Å². The van der Waals surface area contributed by atoms with Crippen LogP contribution >= 0.6 is 0 Å². The van der Waals surface area contributed by atoms with Crippen molar-refractivity contribution >= 4 is 6.01 Å². The highest BCUT2D eigenvalue weighted by molar-refractivity contribution is 5.29. The van der Waals surface area contributed by atoms with Gasteiger partial charge in [-0.1, -0.05) is 32.9 Å². The van der Waals surface area contributed by atoms with Crippen LogP contribution in [0.3, 0.4) is 0 Å². The van der Waals surface area contributed by atoms with Gasteiger partial charge >= 0.3 is 6.01 Å². The molecular formula is C14H25N3O. The molecule has 1 aliphatic heterocycles. The summed E-state index contributed by atoms with van der Waals surface area (Å²) in [6, 6.07) is 1.32. The highest BCUT2D eigenvalue weighted by Crippen LogP contribution is 2.28. The molecule has 102 valence electrons. The Bertz CT molecular complexity index is 373. The largest absolute Gasteiger partial charge is 0.324 e. The molecule has 0 saturated carbocycles. The van der Waals surface area contributed by atoms with Gasteiger partial charge in [-0.3, -0.25) is 0 Å². The van der Waals surface area contributed by atoms with Crippen LogP contribution in [0.1, 0.15) is 65.1 Å². The first-order valence-corrected chi connectivity index (χ1v) is 7.18. The summed E-state index contributed by atoms with van der Waals surface area (Å²) < 4.78 is 5.41. The molecule has 0 amide bonds. The van der Waals surface area contributed by atoms with E-state index in [4.69, 9.17) is 4.52 Å². The zero-order valence-corrected chi connectivity index (χ0v) is 12.0. The van der Waals surface area contributed by atoms with Crippen molar-refractivity contribution in [1.29, 1.82) is 0 Å². The minimum atomic E-state index is 0.333. The molecule has 2 rings (SSSR count). The van der Waals surface area contributed by atoms with Gasteiger partial charge < -0.3 is 9.42 Å². The Hall–Kier alpha value is -1.06. The van der Waals surface area contributed by atoms with Crippen molar-refractivity contribution in [2.24, 2.45) is 5.92 Å². The van der Waals surface area contributed by atoms with E-state index in [0.29, 0.717) is 12.0 Å². The Kier molecular flexibility index (Phi) is 4.25. The second kappa shape index (κ2) is 5.72. The van der Waals surface area contributed by atoms with Crippen molar-refractivity contribution in [2.45, 2.75) is 65.3 Å². The summed E-state index contributed by atoms with van der Waals surface area (Å²) in [5.74, 6) is 1.92. The SMILES string of the molecule is CC(C)CCC1CCCN1c1nc(C(C)C)no1. The zero-order chi connectivity index (χ0) is 13.1. The molecule has 0 aromatic carbocycles. The van der Waals surface area contributed by atoms with Crippen LogP contribution in [-0.4, -0.2) is 22.7 Å². The Balaban J connectivity index is 2.01. The minimum absolute atomic E-state index is 0.333. The molecule has 1 aliphatic rings. The lowest BCUT2D eigenvalue weighted by Gasteiger charge is -2.22. The molecule has 0 bridgehead atoms. The van der Waals surface area contributed by atoms with Gasteiger partial charge in [-0.2, -0.15) is 4.98 Å². The highest BCUT2D eigenvalue weighted by Gasteiger charge is 2.28. The third-order valence-electron chi connectivity index (χ3n) is 3.65. The van der Waals surface area contributed by atoms with Crippen molar-refractivity contribution in [3.63, 3.8) is 0 Å². The first-order chi connectivity index (χ1) is 8.58. The van der Waals surface area contributed by atoms with Gasteiger partial charge in [-0.05, 0) is 31.6 Å². The molecule has 2 heterocycles. The maximum atomic E-state index is 5.41. The van der Waals surface area contributed by atoms with Crippen molar-refractivity contribution < 1.29 is 4.52 Å². The molecule has 1 fully saturated rings. The molecule has 0 spiro atoms. The zero-order valence-electron chi connectivity index (χ0n) is 12.0. The second-order valence-corrected chi connectivity index (χ2v) is 6.05. The summed E-state index contributed by atoms with van der Waals surface area (Å²) in [7, 11) is 0. The van der Waals surface area contributed by atoms with Crippen molar-refractivity contribution in [3.8, 4) is 0 Å². The monoisotopic (exact) mass is 251 g/mol. The fourth-order valence-electron chi connectivity index (χ4n) is 2.49. The van der Waals surface area contributed by atoms with E-state index in [-0.39, 0.29) is 0 Å². The van der Waals surface area contributed by atoms with E-state index in [1.165, 1.54) is 25.7 Å². The molecule has 18 heavy (non-hydrogen) atoms. The van der Waals surface area contributed by atoms with Gasteiger partial charge in [0.2, 0.25) is 0 Å². The molecule has 0 radical (unpaired) electrons. The fourth-order valence-corrected chi connectivity index (χ4v) is 2.49. The van der Waals surface area contributed by atoms with Gasteiger partial charge in [0, 0.05) is 18.5 Å². The average molecular weight is 251 g/mol. The molecule has 1 atom stereocenters. The summed E-state index contributed by atoms with van der Waals surface area (Å²) in [5, 5.41) is 4.06. The molecule has 1 unspecified atom stereocenters. The van der Waals surface area contributed by atoms with Gasteiger partial charge in [0.15, 0.2) is 5.82 Å². The summed E-state index contributed by atoms with van der Waals surface area (Å²) in [4.78, 5) is 6.82. The number of hydrogen-bond acceptors (Lipinski definition) is 4. The minimum Gasteiger partial charge on any atom is -0.321 e. The first-order valence-electron chi connectivity index (χ1n) is 7.18. The van der Waals surface area contributed by atoms with Gasteiger partial charge in [0.25, 0.3) is 0 Å². The maximum Gasteiger partial charge on any atom is 0.324 e. The summed E-state index contributed by atoms with van der Waals surface area (Å²) in [6.45, 7) is 9.80. The third kappa shape index (κ3) is 3.03. The molecule has 1 aromatic rings. The summed E-state index contributed by atoms with van der Waals surface area (Å²) in [6.07, 6.45) is 5.00. The van der Waals surface area contributed by atoms with Gasteiger partial charge in [-0.25, -0.2) is 0 Å². The standard InChI is InChI=1S/C14H25N3O/c1-10(2)7-8-12-6-5-9-17(12)14-15-13(11(3)4)16-18-14/h10-12H,5-9H2,1-4H3. The normalized spacial score (nSPS) is 20.3. The number of rotatable bonds is 5. The summed E-state index contributed by atoms with van der Waals surface area (Å²) in [5.41, 5.74) is 0. The average Bonchev–Trinajstić information content (AvgIpc) is 2.94. The Morgan fingerprint density at radius 2 is 2.11 bits per heavy atom. The fraction of sp³-hybridized carbons (Fsp3) is 0.857. The molecule has 4 heteroatoms. The predicted molar refractivity (Wildman–Crippen MR) is 72.8 cm³/mol. The molecular weight excluding hydrogens is 226 g/mol. The van der Waals surface area contributed by atoms with E-state index in [1.54, 1.807) is 0 Å². The van der Waals surface area contributed by atoms with Crippen molar-refractivity contribution in [3.05, 3.63) is 5.82 Å². The Morgan fingerprint density at radius 3 is 2.72 bits per heavy atom. The lowest BCUT2D eigenvalue weighted by Crippen LogP contribution is -2.29. The third-order valence-corrected chi connectivity index (χ3v) is 3.65. The smallest absolute Gasteiger partial charge is 0.321 e. The molecule has 1 aromatic heterocycles. The number of anilines is 1. The van der Waals surface area contributed by atoms with Crippen molar-refractivity contribution in [2.75, 3.05) is 11.4 Å². The topological polar surface area (TPSA) is 42.2 Å². The van der Waals surface area contributed by atoms with Crippen molar-refractivity contribution in [1.82, 2.24) is 10.1 Å². The lowest BCUT2D eigenvalue weighted by molar-refractivity contribution is 0.393. The van der Waals surface area contributed by atoms with Crippen LogP contribution in [-0.2, 0) is 0 Å². The quantitative estimate of drug-likeness (QED) is 0.802. The summed E-state index contributed by atoms with van der Waals surface area (Å²) >= 11 is 0. The van der Waals surface area contributed by atoms with E-state index in [1.807, 2.05) is 0 Å². The van der Waals surface area contributed by atoms with Gasteiger partial charge in [-0.15, -0.1) is 0 Å². The van der Waals surface area contributed by atoms with E-state index in [2.05, 4.69) is 42.7 Å². The molecule has 0 aliphatic carbocycles. The maximum absolute atomic E-state index is 5.41. The van der Waals surface area contributed by atoms with E-state index in [0.717, 1.165) is 24.3 Å². The van der Waals surface area contributed by atoms with Gasteiger partial charge in [0.05, 0.1) is 0 Å². The second-order valence-electron chi connectivity index (χ2n) is 6.05. The highest BCUT2D eigenvalue weighted by atomic mass is 16.5.